The first kappa shape index (κ1) is 13.1. The molecule has 0 bridgehead atoms. The fourth-order valence-corrected chi connectivity index (χ4v) is 3.53. The Bertz CT molecular complexity index is 641. The maximum Gasteiger partial charge on any atom is 0.267 e. The fraction of sp³-hybridized carbons (Fsp3) is 0.100. The van der Waals surface area contributed by atoms with Gasteiger partial charge in [-0.2, -0.15) is 0 Å². The highest BCUT2D eigenvalue weighted by Crippen LogP contribution is 2.28. The van der Waals surface area contributed by atoms with E-state index in [1.807, 2.05) is 0 Å². The summed E-state index contributed by atoms with van der Waals surface area (Å²) in [6.45, 7) is 0. The van der Waals surface area contributed by atoms with Gasteiger partial charge in [-0.15, -0.1) is 11.3 Å². The van der Waals surface area contributed by atoms with E-state index in [9.17, 15) is 8.42 Å². The van der Waals surface area contributed by atoms with E-state index in [0.29, 0.717) is 5.02 Å². The average molecular weight is 305 g/mol. The standard InChI is InChI=1S/C10H9ClN2O3S2/c1-16-8-3-2-7(11)6-9(8)18(14,15)13-10-12-4-5-17-10/h2-6H,1H3,(H,12,13). The Balaban J connectivity index is 2.43. The Morgan fingerprint density at radius 2 is 2.22 bits per heavy atom. The van der Waals surface area contributed by atoms with Crippen molar-refractivity contribution >= 4 is 38.1 Å². The summed E-state index contributed by atoms with van der Waals surface area (Å²) in [5.41, 5.74) is 0. The zero-order valence-corrected chi connectivity index (χ0v) is 11.6. The molecular weight excluding hydrogens is 296 g/mol. The fourth-order valence-electron chi connectivity index (χ4n) is 1.30. The number of anilines is 1. The van der Waals surface area contributed by atoms with Gasteiger partial charge in [0, 0.05) is 16.6 Å². The van der Waals surface area contributed by atoms with Crippen LogP contribution in [0.1, 0.15) is 0 Å². The maximum absolute atomic E-state index is 12.1. The predicted octanol–water partition coefficient (Wildman–Crippen LogP) is 2.61. The Hall–Kier alpha value is -1.31. The molecule has 0 spiro atoms. The molecule has 2 rings (SSSR count). The van der Waals surface area contributed by atoms with Gasteiger partial charge in [-0.25, -0.2) is 13.4 Å². The molecule has 96 valence electrons. The molecule has 0 aliphatic heterocycles. The van der Waals surface area contributed by atoms with Gasteiger partial charge >= 0.3 is 0 Å². The van der Waals surface area contributed by atoms with Crippen molar-refractivity contribution in [1.82, 2.24) is 4.98 Å². The normalized spacial score (nSPS) is 11.2. The second-order valence-corrected chi connectivity index (χ2v) is 6.22. The molecule has 0 aliphatic rings. The largest absolute Gasteiger partial charge is 0.495 e. The van der Waals surface area contributed by atoms with Gasteiger partial charge in [0.25, 0.3) is 10.0 Å². The highest BCUT2D eigenvalue weighted by Gasteiger charge is 2.20. The Kier molecular flexibility index (Phi) is 3.74. The lowest BCUT2D eigenvalue weighted by Crippen LogP contribution is -2.13. The van der Waals surface area contributed by atoms with Gasteiger partial charge in [0.05, 0.1) is 7.11 Å². The lowest BCUT2D eigenvalue weighted by atomic mass is 10.3. The van der Waals surface area contributed by atoms with Crippen molar-refractivity contribution < 1.29 is 13.2 Å². The molecule has 0 saturated heterocycles. The van der Waals surface area contributed by atoms with E-state index in [1.165, 1.54) is 36.8 Å². The van der Waals surface area contributed by atoms with Crippen LogP contribution in [0.4, 0.5) is 5.13 Å². The number of halogens is 1. The first-order chi connectivity index (χ1) is 8.53. The number of nitrogens with one attached hydrogen (secondary N) is 1. The number of hydrogen-bond donors (Lipinski definition) is 1. The SMILES string of the molecule is COc1ccc(Cl)cc1S(=O)(=O)Nc1nccs1. The number of sulfonamides is 1. The number of aromatic nitrogens is 1. The zero-order chi connectivity index (χ0) is 13.2. The number of nitrogens with zero attached hydrogens (tertiary/aromatic N) is 1. The van der Waals surface area contributed by atoms with Crippen LogP contribution in [0, 0.1) is 0 Å². The third kappa shape index (κ3) is 2.74. The third-order valence-corrected chi connectivity index (χ3v) is 4.48. The topological polar surface area (TPSA) is 68.3 Å². The summed E-state index contributed by atoms with van der Waals surface area (Å²) in [6.07, 6.45) is 1.51. The molecule has 0 fully saturated rings. The molecule has 0 amide bonds. The van der Waals surface area contributed by atoms with Crippen LogP contribution < -0.4 is 9.46 Å². The number of benzene rings is 1. The van der Waals surface area contributed by atoms with E-state index in [-0.39, 0.29) is 15.8 Å². The van der Waals surface area contributed by atoms with Gasteiger partial charge in [-0.1, -0.05) is 11.6 Å². The minimum Gasteiger partial charge on any atom is -0.495 e. The van der Waals surface area contributed by atoms with Gasteiger partial charge in [0.1, 0.15) is 10.6 Å². The third-order valence-electron chi connectivity index (χ3n) is 2.07. The molecule has 0 unspecified atom stereocenters. The van der Waals surface area contributed by atoms with E-state index in [2.05, 4.69) is 9.71 Å². The summed E-state index contributed by atoms with van der Waals surface area (Å²) in [6, 6.07) is 4.39. The summed E-state index contributed by atoms with van der Waals surface area (Å²) in [5.74, 6) is 0.225. The van der Waals surface area contributed by atoms with Crippen molar-refractivity contribution in [1.29, 1.82) is 0 Å². The van der Waals surface area contributed by atoms with Crippen LogP contribution in [-0.2, 0) is 10.0 Å². The van der Waals surface area contributed by atoms with E-state index in [1.54, 1.807) is 11.4 Å². The molecule has 1 aromatic heterocycles. The molecule has 8 heteroatoms. The first-order valence-corrected chi connectivity index (χ1v) is 7.53. The average Bonchev–Trinajstić information content (AvgIpc) is 2.81. The molecule has 0 saturated carbocycles. The molecule has 2 aromatic rings. The number of methoxy groups -OCH3 is 1. The van der Waals surface area contributed by atoms with Gasteiger partial charge in [-0.3, -0.25) is 4.72 Å². The minimum atomic E-state index is -3.76. The van der Waals surface area contributed by atoms with Crippen molar-refractivity contribution in [2.24, 2.45) is 0 Å². The van der Waals surface area contributed by atoms with Crippen LogP contribution in [0.2, 0.25) is 5.02 Å². The number of thiazole rings is 1. The van der Waals surface area contributed by atoms with Crippen LogP contribution in [0.15, 0.2) is 34.7 Å². The second-order valence-electron chi connectivity index (χ2n) is 3.24. The van der Waals surface area contributed by atoms with Gasteiger partial charge in [0.15, 0.2) is 5.13 Å². The van der Waals surface area contributed by atoms with E-state index < -0.39 is 10.0 Å². The van der Waals surface area contributed by atoms with Crippen LogP contribution in [-0.4, -0.2) is 20.5 Å². The van der Waals surface area contributed by atoms with Crippen molar-refractivity contribution in [2.75, 3.05) is 11.8 Å². The first-order valence-electron chi connectivity index (χ1n) is 4.79. The van der Waals surface area contributed by atoms with Gasteiger partial charge in [-0.05, 0) is 18.2 Å². The van der Waals surface area contributed by atoms with E-state index in [4.69, 9.17) is 16.3 Å². The summed E-state index contributed by atoms with van der Waals surface area (Å²) < 4.78 is 31.7. The summed E-state index contributed by atoms with van der Waals surface area (Å²) in [5, 5.41) is 2.28. The summed E-state index contributed by atoms with van der Waals surface area (Å²) in [4.78, 5) is 3.84. The molecule has 1 aromatic carbocycles. The molecule has 0 aliphatic carbocycles. The molecule has 1 N–H and O–H groups in total. The highest BCUT2D eigenvalue weighted by atomic mass is 35.5. The molecule has 5 nitrogen and oxygen atoms in total. The van der Waals surface area contributed by atoms with E-state index in [0.717, 1.165) is 0 Å². The Morgan fingerprint density at radius 3 is 2.83 bits per heavy atom. The predicted molar refractivity (Wildman–Crippen MR) is 70.9 cm³/mol. The van der Waals surface area contributed by atoms with Crippen molar-refractivity contribution in [2.45, 2.75) is 4.90 Å². The molecule has 0 radical (unpaired) electrons. The van der Waals surface area contributed by atoms with Gasteiger partial charge in [0.2, 0.25) is 0 Å². The lowest BCUT2D eigenvalue weighted by molar-refractivity contribution is 0.403. The minimum absolute atomic E-state index is 0.0206. The quantitative estimate of drug-likeness (QED) is 0.942. The second kappa shape index (κ2) is 5.13. The van der Waals surface area contributed by atoms with E-state index >= 15 is 0 Å². The molecule has 1 heterocycles. The smallest absolute Gasteiger partial charge is 0.267 e. The van der Waals surface area contributed by atoms with Gasteiger partial charge < -0.3 is 4.74 Å². The monoisotopic (exact) mass is 304 g/mol. The van der Waals surface area contributed by atoms with Crippen molar-refractivity contribution in [3.63, 3.8) is 0 Å². The summed E-state index contributed by atoms with van der Waals surface area (Å²) >= 11 is 6.99. The van der Waals surface area contributed by atoms with Crippen molar-refractivity contribution in [3.05, 3.63) is 34.8 Å². The number of ether oxygens (including phenoxy) is 1. The summed E-state index contributed by atoms with van der Waals surface area (Å²) in [7, 11) is -2.37. The Morgan fingerprint density at radius 1 is 1.44 bits per heavy atom. The molecular formula is C10H9ClN2O3S2. The van der Waals surface area contributed by atoms with Crippen LogP contribution in [0.25, 0.3) is 0 Å². The van der Waals surface area contributed by atoms with Crippen LogP contribution >= 0.6 is 22.9 Å². The van der Waals surface area contributed by atoms with Crippen LogP contribution in [0.3, 0.4) is 0 Å². The number of hydrogen-bond acceptors (Lipinski definition) is 5. The highest BCUT2D eigenvalue weighted by molar-refractivity contribution is 7.93. The van der Waals surface area contributed by atoms with Crippen LogP contribution in [0.5, 0.6) is 5.75 Å². The number of rotatable bonds is 4. The van der Waals surface area contributed by atoms with Crippen molar-refractivity contribution in [3.8, 4) is 5.75 Å². The maximum atomic E-state index is 12.1. The lowest BCUT2D eigenvalue weighted by Gasteiger charge is -2.10. The zero-order valence-electron chi connectivity index (χ0n) is 9.25. The molecule has 0 atom stereocenters. The Labute approximate surface area is 113 Å². The molecule has 18 heavy (non-hydrogen) atoms.